The van der Waals surface area contributed by atoms with Gasteiger partial charge in [-0.2, -0.15) is 0 Å². The summed E-state index contributed by atoms with van der Waals surface area (Å²) >= 11 is 0. The summed E-state index contributed by atoms with van der Waals surface area (Å²) in [5, 5.41) is 8.85. The summed E-state index contributed by atoms with van der Waals surface area (Å²) in [5.41, 5.74) is 0. The molecule has 0 spiro atoms. The molecule has 52 heavy (non-hydrogen) atoms. The minimum absolute atomic E-state index is 0.0162. The van der Waals surface area contributed by atoms with Crippen LogP contribution in [-0.4, -0.2) is 23.1 Å². The molecular formula is C48H86O4. The van der Waals surface area contributed by atoms with E-state index in [4.69, 9.17) is 9.84 Å². The van der Waals surface area contributed by atoms with Crippen LogP contribution in [0.4, 0.5) is 0 Å². The van der Waals surface area contributed by atoms with Crippen molar-refractivity contribution in [2.24, 2.45) is 0 Å². The Morgan fingerprint density at radius 3 is 1.23 bits per heavy atom. The van der Waals surface area contributed by atoms with Crippen molar-refractivity contribution in [3.8, 4) is 0 Å². The predicted molar refractivity (Wildman–Crippen MR) is 227 cm³/mol. The van der Waals surface area contributed by atoms with Crippen LogP contribution in [0, 0.1) is 0 Å². The van der Waals surface area contributed by atoms with Gasteiger partial charge in [-0.25, -0.2) is 0 Å². The van der Waals surface area contributed by atoms with Gasteiger partial charge in [0.25, 0.3) is 0 Å². The molecule has 0 fully saturated rings. The summed E-state index contributed by atoms with van der Waals surface area (Å²) in [6.07, 6.45) is 58.5. The van der Waals surface area contributed by atoms with Gasteiger partial charge in [-0.3, -0.25) is 9.59 Å². The third-order valence-electron chi connectivity index (χ3n) is 10.0. The lowest BCUT2D eigenvalue weighted by Crippen LogP contribution is -2.18. The lowest BCUT2D eigenvalue weighted by molar-refractivity contribution is -0.150. The van der Waals surface area contributed by atoms with Gasteiger partial charge in [0.1, 0.15) is 6.10 Å². The summed E-state index contributed by atoms with van der Waals surface area (Å²) in [5.74, 6) is -0.720. The molecular weight excluding hydrogens is 641 g/mol. The number of carbonyl (C=O) groups excluding carboxylic acids is 1. The SMILES string of the molecule is CCCCC/C=C\C/C=C\C/C=C\CCCCCCCCC(=O)OC(CCCCC/C=C\CCCCCCCCCC)CCCCCCCC(=O)O. The molecule has 0 aliphatic carbocycles. The Morgan fingerprint density at radius 1 is 0.423 bits per heavy atom. The van der Waals surface area contributed by atoms with E-state index in [0.717, 1.165) is 89.9 Å². The van der Waals surface area contributed by atoms with Gasteiger partial charge >= 0.3 is 11.9 Å². The highest BCUT2D eigenvalue weighted by atomic mass is 16.5. The second kappa shape index (κ2) is 43.3. The maximum absolute atomic E-state index is 12.7. The van der Waals surface area contributed by atoms with Crippen molar-refractivity contribution in [2.75, 3.05) is 0 Å². The molecule has 0 aromatic heterocycles. The van der Waals surface area contributed by atoms with E-state index in [9.17, 15) is 9.59 Å². The summed E-state index contributed by atoms with van der Waals surface area (Å²) < 4.78 is 6.02. The quantitative estimate of drug-likeness (QED) is 0.0387. The average molecular weight is 727 g/mol. The Hall–Kier alpha value is -2.10. The van der Waals surface area contributed by atoms with E-state index in [0.29, 0.717) is 6.42 Å². The molecule has 4 heteroatoms. The first-order chi connectivity index (χ1) is 25.6. The number of allylic oxidation sites excluding steroid dienone is 8. The number of aliphatic carboxylic acids is 1. The fraction of sp³-hybridized carbons (Fsp3) is 0.792. The Labute approximate surface area is 323 Å². The van der Waals surface area contributed by atoms with Gasteiger partial charge in [0.2, 0.25) is 0 Å². The number of carboxylic acids is 1. The lowest BCUT2D eigenvalue weighted by Gasteiger charge is -2.18. The molecule has 0 aliphatic heterocycles. The molecule has 0 heterocycles. The van der Waals surface area contributed by atoms with Crippen molar-refractivity contribution >= 4 is 11.9 Å². The van der Waals surface area contributed by atoms with E-state index in [2.05, 4.69) is 62.5 Å². The van der Waals surface area contributed by atoms with Crippen molar-refractivity contribution in [1.29, 1.82) is 0 Å². The fourth-order valence-corrected chi connectivity index (χ4v) is 6.66. The Kier molecular flexibility index (Phi) is 41.6. The van der Waals surface area contributed by atoms with Crippen LogP contribution >= 0.6 is 0 Å². The number of hydrogen-bond acceptors (Lipinski definition) is 3. The molecule has 0 aromatic carbocycles. The molecule has 4 nitrogen and oxygen atoms in total. The average Bonchev–Trinajstić information content (AvgIpc) is 3.13. The second-order valence-electron chi connectivity index (χ2n) is 15.2. The number of ether oxygens (including phenoxy) is 1. The van der Waals surface area contributed by atoms with Crippen LogP contribution in [0.15, 0.2) is 48.6 Å². The van der Waals surface area contributed by atoms with Crippen LogP contribution < -0.4 is 0 Å². The first-order valence-corrected chi connectivity index (χ1v) is 22.6. The maximum Gasteiger partial charge on any atom is 0.306 e. The standard InChI is InChI=1S/C48H86O4/c1-3-5-7-9-11-13-15-17-19-20-21-22-24-26-28-30-32-37-41-45-48(51)52-46(43-39-35-33-36-40-44-47(49)50)42-38-34-31-29-27-25-23-18-16-14-12-10-8-6-4-2/h11,13,17,19,21-22,25,27,46H,3-10,12,14-16,18,20,23-24,26,28-45H2,1-2H3,(H,49,50)/b13-11-,19-17-,22-21-,27-25-. The van der Waals surface area contributed by atoms with Crippen molar-refractivity contribution < 1.29 is 19.4 Å². The Morgan fingerprint density at radius 2 is 0.750 bits per heavy atom. The lowest BCUT2D eigenvalue weighted by atomic mass is 10.0. The van der Waals surface area contributed by atoms with Gasteiger partial charge in [-0.05, 0) is 103 Å². The van der Waals surface area contributed by atoms with E-state index in [1.165, 1.54) is 122 Å². The van der Waals surface area contributed by atoms with E-state index in [-0.39, 0.29) is 18.5 Å². The number of rotatable bonds is 41. The third kappa shape index (κ3) is 42.3. The van der Waals surface area contributed by atoms with Crippen molar-refractivity contribution in [3.63, 3.8) is 0 Å². The van der Waals surface area contributed by atoms with Gasteiger partial charge in [0, 0.05) is 12.8 Å². The van der Waals surface area contributed by atoms with Gasteiger partial charge in [-0.15, -0.1) is 0 Å². The van der Waals surface area contributed by atoms with E-state index >= 15 is 0 Å². The highest BCUT2D eigenvalue weighted by Gasteiger charge is 2.14. The number of carbonyl (C=O) groups is 2. The molecule has 0 saturated carbocycles. The van der Waals surface area contributed by atoms with E-state index < -0.39 is 5.97 Å². The topological polar surface area (TPSA) is 63.6 Å². The normalized spacial score (nSPS) is 12.7. The van der Waals surface area contributed by atoms with Crippen LogP contribution in [0.2, 0.25) is 0 Å². The highest BCUT2D eigenvalue weighted by Crippen LogP contribution is 2.18. The zero-order chi connectivity index (χ0) is 37.8. The molecule has 0 amide bonds. The summed E-state index contributed by atoms with van der Waals surface area (Å²) in [7, 11) is 0. The fourth-order valence-electron chi connectivity index (χ4n) is 6.66. The first-order valence-electron chi connectivity index (χ1n) is 22.6. The van der Waals surface area contributed by atoms with Crippen LogP contribution in [0.25, 0.3) is 0 Å². The van der Waals surface area contributed by atoms with Gasteiger partial charge in [0.05, 0.1) is 0 Å². The van der Waals surface area contributed by atoms with Crippen molar-refractivity contribution in [2.45, 2.75) is 245 Å². The highest BCUT2D eigenvalue weighted by molar-refractivity contribution is 5.69. The third-order valence-corrected chi connectivity index (χ3v) is 10.0. The second-order valence-corrected chi connectivity index (χ2v) is 15.2. The number of carboxylic acid groups (broad SMARTS) is 1. The van der Waals surface area contributed by atoms with Gasteiger partial charge in [-0.1, -0.05) is 172 Å². The van der Waals surface area contributed by atoms with Crippen LogP contribution in [0.3, 0.4) is 0 Å². The van der Waals surface area contributed by atoms with Crippen molar-refractivity contribution in [1.82, 2.24) is 0 Å². The number of unbranched alkanes of at least 4 members (excludes halogenated alkanes) is 24. The number of esters is 1. The first kappa shape index (κ1) is 49.9. The molecule has 1 unspecified atom stereocenters. The Balaban J connectivity index is 4.06. The maximum atomic E-state index is 12.7. The zero-order valence-electron chi connectivity index (χ0n) is 34.6. The predicted octanol–water partition coefficient (Wildman–Crippen LogP) is 15.9. The number of hydrogen-bond donors (Lipinski definition) is 1. The van der Waals surface area contributed by atoms with Crippen molar-refractivity contribution in [3.05, 3.63) is 48.6 Å². The zero-order valence-corrected chi connectivity index (χ0v) is 34.6. The molecule has 0 radical (unpaired) electrons. The summed E-state index contributed by atoms with van der Waals surface area (Å²) in [4.78, 5) is 23.5. The largest absolute Gasteiger partial charge is 0.481 e. The van der Waals surface area contributed by atoms with E-state index in [1.807, 2.05) is 0 Å². The molecule has 0 bridgehead atoms. The molecule has 0 saturated heterocycles. The van der Waals surface area contributed by atoms with Gasteiger partial charge < -0.3 is 9.84 Å². The molecule has 1 N–H and O–H groups in total. The van der Waals surface area contributed by atoms with Gasteiger partial charge in [0.15, 0.2) is 0 Å². The minimum atomic E-state index is -0.704. The summed E-state index contributed by atoms with van der Waals surface area (Å²) in [6, 6.07) is 0. The molecule has 1 atom stereocenters. The minimum Gasteiger partial charge on any atom is -0.481 e. The summed E-state index contributed by atoms with van der Waals surface area (Å²) in [6.45, 7) is 4.53. The molecule has 0 rings (SSSR count). The van der Waals surface area contributed by atoms with Crippen LogP contribution in [0.1, 0.15) is 239 Å². The Bertz CT molecular complexity index is 870. The smallest absolute Gasteiger partial charge is 0.306 e. The van der Waals surface area contributed by atoms with E-state index in [1.54, 1.807) is 0 Å². The molecule has 302 valence electrons. The molecule has 0 aliphatic rings. The van der Waals surface area contributed by atoms with Crippen LogP contribution in [-0.2, 0) is 14.3 Å². The molecule has 0 aromatic rings. The van der Waals surface area contributed by atoms with Crippen LogP contribution in [0.5, 0.6) is 0 Å². The monoisotopic (exact) mass is 727 g/mol.